The minimum atomic E-state index is -1.53. The fraction of sp³-hybridized carbons (Fsp3) is 0.769. The zero-order valence-electron chi connectivity index (χ0n) is 12.1. The minimum absolute atomic E-state index is 0.486. The number of hydrogen-bond acceptors (Lipinski definition) is 7. The number of aliphatic carboxylic acids is 1. The molecule has 5 N–H and O–H groups in total. The van der Waals surface area contributed by atoms with E-state index in [1.807, 2.05) is 13.8 Å². The predicted molar refractivity (Wildman–Crippen MR) is 72.4 cm³/mol. The van der Waals surface area contributed by atoms with Gasteiger partial charge in [-0.3, -0.25) is 4.90 Å². The van der Waals surface area contributed by atoms with Crippen LogP contribution < -0.4 is 0 Å². The average Bonchev–Trinajstić information content (AvgIpc) is 2.47. The molecule has 21 heavy (non-hydrogen) atoms. The molecule has 0 bridgehead atoms. The van der Waals surface area contributed by atoms with Crippen LogP contribution in [0, 0.1) is 0 Å². The lowest BCUT2D eigenvalue weighted by Crippen LogP contribution is -2.60. The first-order chi connectivity index (χ1) is 9.87. The fourth-order valence-electron chi connectivity index (χ4n) is 2.49. The number of nitrogens with zero attached hydrogens (tertiary/aromatic N) is 1. The molecule has 1 unspecified atom stereocenters. The molecule has 1 aliphatic heterocycles. The van der Waals surface area contributed by atoms with Gasteiger partial charge in [-0.05, 0) is 19.2 Å². The smallest absolute Gasteiger partial charge is 0.370 e. The first kappa shape index (κ1) is 17.9. The van der Waals surface area contributed by atoms with Crippen LogP contribution in [-0.4, -0.2) is 86.6 Å². The Kier molecular flexibility index (Phi) is 6.56. The maximum atomic E-state index is 11.0. The average molecular weight is 305 g/mol. The number of ether oxygens (including phenoxy) is 1. The monoisotopic (exact) mass is 305 g/mol. The van der Waals surface area contributed by atoms with Crippen LogP contribution >= 0.6 is 0 Å². The lowest BCUT2D eigenvalue weighted by atomic mass is 9.92. The lowest BCUT2D eigenvalue weighted by molar-refractivity contribution is -0.155. The second-order valence-corrected chi connectivity index (χ2v) is 4.86. The molecule has 0 spiro atoms. The highest BCUT2D eigenvalue weighted by molar-refractivity contribution is 5.84. The third-order valence-electron chi connectivity index (χ3n) is 3.63. The Morgan fingerprint density at radius 2 is 1.95 bits per heavy atom. The molecule has 8 nitrogen and oxygen atoms in total. The summed E-state index contributed by atoms with van der Waals surface area (Å²) >= 11 is 0. The molecule has 0 aliphatic carbocycles. The summed E-state index contributed by atoms with van der Waals surface area (Å²) in [7, 11) is 0. The SMILES string of the molecule is CCN(CC)[C@H]1[C@H]([C@H](O)C(O)CO)OC(C(=O)O)=C[C@@H]1O. The highest BCUT2D eigenvalue weighted by atomic mass is 16.5. The van der Waals surface area contributed by atoms with Gasteiger partial charge in [0.2, 0.25) is 5.76 Å². The van der Waals surface area contributed by atoms with Gasteiger partial charge in [-0.2, -0.15) is 0 Å². The molecule has 0 aromatic carbocycles. The highest BCUT2D eigenvalue weighted by Crippen LogP contribution is 2.26. The van der Waals surface area contributed by atoms with Crippen LogP contribution in [0.2, 0.25) is 0 Å². The first-order valence-corrected chi connectivity index (χ1v) is 6.88. The van der Waals surface area contributed by atoms with E-state index >= 15 is 0 Å². The summed E-state index contributed by atoms with van der Waals surface area (Å²) < 4.78 is 5.24. The standard InChI is InChI=1S/C13H23NO7/c1-3-14(4-2)10-7(16)5-9(13(19)20)21-12(10)11(18)8(17)6-15/h5,7-8,10-12,15-18H,3-4,6H2,1-2H3,(H,19,20)/t7-,8?,10+,11+,12+/m0/s1. The largest absolute Gasteiger partial charge is 0.479 e. The Balaban J connectivity index is 3.12. The topological polar surface area (TPSA) is 131 Å². The second kappa shape index (κ2) is 7.71. The third kappa shape index (κ3) is 3.92. The maximum Gasteiger partial charge on any atom is 0.370 e. The maximum absolute atomic E-state index is 11.0. The summed E-state index contributed by atoms with van der Waals surface area (Å²) in [6.07, 6.45) is -4.29. The molecule has 8 heteroatoms. The van der Waals surface area contributed by atoms with Gasteiger partial charge in [-0.15, -0.1) is 0 Å². The summed E-state index contributed by atoms with van der Waals surface area (Å²) in [5.41, 5.74) is 0. The van der Waals surface area contributed by atoms with Crippen LogP contribution in [0.3, 0.4) is 0 Å². The number of hydrogen-bond donors (Lipinski definition) is 5. The molecule has 0 fully saturated rings. The van der Waals surface area contributed by atoms with Gasteiger partial charge >= 0.3 is 5.97 Å². The third-order valence-corrected chi connectivity index (χ3v) is 3.63. The fourth-order valence-corrected chi connectivity index (χ4v) is 2.49. The predicted octanol–water partition coefficient (Wildman–Crippen LogP) is -1.86. The van der Waals surface area contributed by atoms with Crippen molar-refractivity contribution in [1.29, 1.82) is 0 Å². The van der Waals surface area contributed by atoms with Crippen LogP contribution in [0.4, 0.5) is 0 Å². The van der Waals surface area contributed by atoms with Gasteiger partial charge < -0.3 is 30.3 Å². The van der Waals surface area contributed by atoms with E-state index in [2.05, 4.69) is 0 Å². The molecule has 0 aromatic rings. The minimum Gasteiger partial charge on any atom is -0.479 e. The number of likely N-dealkylation sites (N-methyl/N-ethyl adjacent to an activating group) is 1. The normalized spacial score (nSPS) is 28.7. The van der Waals surface area contributed by atoms with Crippen molar-refractivity contribution >= 4 is 5.97 Å². The molecule has 1 heterocycles. The highest BCUT2D eigenvalue weighted by Gasteiger charge is 2.44. The molecule has 0 aromatic heterocycles. The van der Waals surface area contributed by atoms with Crippen molar-refractivity contribution in [2.45, 2.75) is 44.3 Å². The van der Waals surface area contributed by atoms with E-state index in [4.69, 9.17) is 14.9 Å². The number of carboxylic acid groups (broad SMARTS) is 1. The van der Waals surface area contributed by atoms with Crippen LogP contribution in [0.15, 0.2) is 11.8 Å². The molecule has 1 aliphatic rings. The van der Waals surface area contributed by atoms with Crippen molar-refractivity contribution in [1.82, 2.24) is 4.90 Å². The van der Waals surface area contributed by atoms with Crippen LogP contribution in [-0.2, 0) is 9.53 Å². The number of aliphatic hydroxyl groups is 4. The summed E-state index contributed by atoms with van der Waals surface area (Å²) in [5.74, 6) is -1.86. The van der Waals surface area contributed by atoms with E-state index in [-0.39, 0.29) is 0 Å². The van der Waals surface area contributed by atoms with Gasteiger partial charge in [0.15, 0.2) is 0 Å². The zero-order chi connectivity index (χ0) is 16.2. The quantitative estimate of drug-likeness (QED) is 0.370. The van der Waals surface area contributed by atoms with Crippen molar-refractivity contribution in [2.24, 2.45) is 0 Å². The molecule has 122 valence electrons. The van der Waals surface area contributed by atoms with Gasteiger partial charge in [0.1, 0.15) is 18.3 Å². The summed E-state index contributed by atoms with van der Waals surface area (Å²) in [6, 6.07) is -0.723. The van der Waals surface area contributed by atoms with Gasteiger partial charge in [0.05, 0.1) is 18.8 Å². The van der Waals surface area contributed by atoms with Gasteiger partial charge in [-0.25, -0.2) is 4.79 Å². The van der Waals surface area contributed by atoms with Crippen molar-refractivity contribution in [2.75, 3.05) is 19.7 Å². The molecule has 1 rings (SSSR count). The first-order valence-electron chi connectivity index (χ1n) is 6.88. The van der Waals surface area contributed by atoms with E-state index < -0.39 is 48.8 Å². The molecule has 5 atom stereocenters. The van der Waals surface area contributed by atoms with Gasteiger partial charge in [0.25, 0.3) is 0 Å². The Morgan fingerprint density at radius 1 is 1.38 bits per heavy atom. The van der Waals surface area contributed by atoms with Gasteiger partial charge in [0, 0.05) is 0 Å². The summed E-state index contributed by atoms with van der Waals surface area (Å²) in [5, 5.41) is 47.8. The van der Waals surface area contributed by atoms with Gasteiger partial charge in [-0.1, -0.05) is 13.8 Å². The molecule has 0 radical (unpaired) electrons. The Morgan fingerprint density at radius 3 is 2.38 bits per heavy atom. The Hall–Kier alpha value is -1.19. The molecule has 0 saturated heterocycles. The Labute approximate surface area is 122 Å². The van der Waals surface area contributed by atoms with E-state index in [1.165, 1.54) is 0 Å². The van der Waals surface area contributed by atoms with E-state index in [0.29, 0.717) is 13.1 Å². The molecule has 0 amide bonds. The van der Waals surface area contributed by atoms with Crippen LogP contribution in [0.1, 0.15) is 13.8 Å². The second-order valence-electron chi connectivity index (χ2n) is 4.86. The van der Waals surface area contributed by atoms with Crippen molar-refractivity contribution < 1.29 is 35.1 Å². The number of carboxylic acids is 1. The lowest BCUT2D eigenvalue weighted by Gasteiger charge is -2.43. The summed E-state index contributed by atoms with van der Waals surface area (Å²) in [4.78, 5) is 12.8. The zero-order valence-corrected chi connectivity index (χ0v) is 12.1. The molecule has 0 saturated carbocycles. The van der Waals surface area contributed by atoms with Crippen molar-refractivity contribution in [3.63, 3.8) is 0 Å². The van der Waals surface area contributed by atoms with E-state index in [9.17, 15) is 20.1 Å². The number of carbonyl (C=O) groups is 1. The van der Waals surface area contributed by atoms with Crippen LogP contribution in [0.25, 0.3) is 0 Å². The van der Waals surface area contributed by atoms with Crippen LogP contribution in [0.5, 0.6) is 0 Å². The van der Waals surface area contributed by atoms with E-state index in [1.54, 1.807) is 4.90 Å². The molecular weight excluding hydrogens is 282 g/mol. The van der Waals surface area contributed by atoms with E-state index in [0.717, 1.165) is 6.08 Å². The Bertz CT molecular complexity index is 383. The number of aliphatic hydroxyl groups excluding tert-OH is 4. The summed E-state index contributed by atoms with van der Waals surface area (Å²) in [6.45, 7) is 4.07. The number of rotatable bonds is 7. The molecular formula is C13H23NO7. The van der Waals surface area contributed by atoms with Crippen molar-refractivity contribution in [3.8, 4) is 0 Å². The van der Waals surface area contributed by atoms with Crippen molar-refractivity contribution in [3.05, 3.63) is 11.8 Å².